The molecule has 0 aliphatic heterocycles. The molecule has 0 aliphatic rings. The molecule has 0 spiro atoms. The highest BCUT2D eigenvalue weighted by molar-refractivity contribution is 6.30. The van der Waals surface area contributed by atoms with Gasteiger partial charge in [-0.05, 0) is 56.5 Å². The van der Waals surface area contributed by atoms with Crippen LogP contribution in [0, 0.1) is 0 Å². The van der Waals surface area contributed by atoms with Crippen molar-refractivity contribution in [1.29, 1.82) is 0 Å². The highest BCUT2D eigenvalue weighted by Crippen LogP contribution is 2.32. The van der Waals surface area contributed by atoms with E-state index in [-0.39, 0.29) is 35.6 Å². The van der Waals surface area contributed by atoms with Crippen molar-refractivity contribution in [3.05, 3.63) is 52.3 Å². The Morgan fingerprint density at radius 3 is 2.50 bits per heavy atom. The third-order valence-electron chi connectivity index (χ3n) is 3.92. The number of phenolic OH excluding ortho intramolecular Hbond substituents is 1. The number of aromatic hydroxyl groups is 1. The van der Waals surface area contributed by atoms with Gasteiger partial charge in [-0.3, -0.25) is 14.6 Å². The standard InChI is InChI=1S/C21H26ClN3O3/c1-12(2)16-10-14(22)8-13(19(16)27)9-18(26)24-15-6-7-23-17(11-15)20(28)25-21(3,4)5/h6-8,10-12,27H,9H2,1-5H3,(H,25,28)(H,23,24,26). The molecule has 28 heavy (non-hydrogen) atoms. The van der Waals surface area contributed by atoms with Gasteiger partial charge in [-0.25, -0.2) is 0 Å². The molecule has 0 aliphatic carbocycles. The lowest BCUT2D eigenvalue weighted by Crippen LogP contribution is -2.40. The Labute approximate surface area is 170 Å². The molecule has 6 nitrogen and oxygen atoms in total. The number of phenols is 1. The Morgan fingerprint density at radius 2 is 1.89 bits per heavy atom. The van der Waals surface area contributed by atoms with Gasteiger partial charge in [0, 0.05) is 28.0 Å². The summed E-state index contributed by atoms with van der Waals surface area (Å²) in [4.78, 5) is 28.7. The number of nitrogens with zero attached hydrogens (tertiary/aromatic N) is 1. The molecule has 0 unspecified atom stereocenters. The zero-order valence-corrected chi connectivity index (χ0v) is 17.5. The molecule has 2 rings (SSSR count). The van der Waals surface area contributed by atoms with Gasteiger partial charge in [0.05, 0.1) is 6.42 Å². The average molecular weight is 404 g/mol. The van der Waals surface area contributed by atoms with Crippen molar-refractivity contribution in [1.82, 2.24) is 10.3 Å². The predicted molar refractivity (Wildman–Crippen MR) is 111 cm³/mol. The van der Waals surface area contributed by atoms with Crippen LogP contribution in [0.4, 0.5) is 5.69 Å². The zero-order valence-electron chi connectivity index (χ0n) is 16.8. The van der Waals surface area contributed by atoms with E-state index in [2.05, 4.69) is 15.6 Å². The molecule has 7 heteroatoms. The van der Waals surface area contributed by atoms with Crippen molar-refractivity contribution in [2.24, 2.45) is 0 Å². The first-order chi connectivity index (χ1) is 13.0. The van der Waals surface area contributed by atoms with Crippen molar-refractivity contribution in [2.45, 2.75) is 52.5 Å². The second-order valence-corrected chi connectivity index (χ2v) is 8.45. The van der Waals surface area contributed by atoms with Crippen LogP contribution < -0.4 is 10.6 Å². The second-order valence-electron chi connectivity index (χ2n) is 8.02. The third kappa shape index (κ3) is 5.96. The predicted octanol–water partition coefficient (Wildman–Crippen LogP) is 4.27. The summed E-state index contributed by atoms with van der Waals surface area (Å²) in [6.07, 6.45) is 1.42. The normalized spacial score (nSPS) is 11.4. The fraction of sp³-hybridized carbons (Fsp3) is 0.381. The van der Waals surface area contributed by atoms with Crippen molar-refractivity contribution in [3.8, 4) is 5.75 Å². The first kappa shape index (κ1) is 21.7. The Hall–Kier alpha value is -2.60. The maximum absolute atomic E-state index is 12.5. The smallest absolute Gasteiger partial charge is 0.270 e. The fourth-order valence-electron chi connectivity index (χ4n) is 2.67. The number of amides is 2. The van der Waals surface area contributed by atoms with Crippen LogP contribution in [0.3, 0.4) is 0 Å². The van der Waals surface area contributed by atoms with E-state index in [4.69, 9.17) is 11.6 Å². The number of hydrogen-bond acceptors (Lipinski definition) is 4. The van der Waals surface area contributed by atoms with Crippen molar-refractivity contribution < 1.29 is 14.7 Å². The fourth-order valence-corrected chi connectivity index (χ4v) is 2.92. The van der Waals surface area contributed by atoms with E-state index in [0.29, 0.717) is 21.8 Å². The highest BCUT2D eigenvalue weighted by atomic mass is 35.5. The number of carbonyl (C=O) groups excluding carboxylic acids is 2. The molecule has 1 heterocycles. The van der Waals surface area contributed by atoms with Crippen LogP contribution in [0.5, 0.6) is 5.75 Å². The van der Waals surface area contributed by atoms with Gasteiger partial charge in [0.2, 0.25) is 5.91 Å². The lowest BCUT2D eigenvalue weighted by molar-refractivity contribution is -0.115. The van der Waals surface area contributed by atoms with Crippen molar-refractivity contribution in [3.63, 3.8) is 0 Å². The van der Waals surface area contributed by atoms with Crippen LogP contribution in [0.25, 0.3) is 0 Å². The van der Waals surface area contributed by atoms with E-state index < -0.39 is 5.54 Å². The molecule has 0 atom stereocenters. The summed E-state index contributed by atoms with van der Waals surface area (Å²) in [7, 11) is 0. The average Bonchev–Trinajstić information content (AvgIpc) is 2.56. The minimum atomic E-state index is -0.393. The van der Waals surface area contributed by atoms with Gasteiger partial charge in [-0.15, -0.1) is 0 Å². The SMILES string of the molecule is CC(C)c1cc(Cl)cc(CC(=O)Nc2ccnc(C(=O)NC(C)(C)C)c2)c1O. The Bertz CT molecular complexity index is 889. The molecular weight excluding hydrogens is 378 g/mol. The summed E-state index contributed by atoms with van der Waals surface area (Å²) in [5.74, 6) is -0.502. The maximum Gasteiger partial charge on any atom is 0.270 e. The number of carbonyl (C=O) groups is 2. The molecule has 2 aromatic rings. The number of anilines is 1. The van der Waals surface area contributed by atoms with Crippen LogP contribution in [0.2, 0.25) is 5.02 Å². The van der Waals surface area contributed by atoms with Crippen LogP contribution in [0.15, 0.2) is 30.5 Å². The number of benzene rings is 1. The van der Waals surface area contributed by atoms with E-state index >= 15 is 0 Å². The van der Waals surface area contributed by atoms with Crippen LogP contribution in [-0.2, 0) is 11.2 Å². The molecule has 0 fully saturated rings. The zero-order chi connectivity index (χ0) is 21.1. The monoisotopic (exact) mass is 403 g/mol. The van der Waals surface area contributed by atoms with Gasteiger partial charge in [0.15, 0.2) is 0 Å². The minimum Gasteiger partial charge on any atom is -0.507 e. The molecule has 150 valence electrons. The van der Waals surface area contributed by atoms with Crippen LogP contribution in [-0.4, -0.2) is 27.4 Å². The van der Waals surface area contributed by atoms with Crippen molar-refractivity contribution in [2.75, 3.05) is 5.32 Å². The molecule has 0 saturated carbocycles. The summed E-state index contributed by atoms with van der Waals surface area (Å²) < 4.78 is 0. The van der Waals surface area contributed by atoms with E-state index in [1.807, 2.05) is 34.6 Å². The quantitative estimate of drug-likeness (QED) is 0.695. The first-order valence-electron chi connectivity index (χ1n) is 9.06. The molecule has 0 bridgehead atoms. The first-order valence-corrected chi connectivity index (χ1v) is 9.44. The number of nitrogens with one attached hydrogen (secondary N) is 2. The van der Waals surface area contributed by atoms with Gasteiger partial charge < -0.3 is 15.7 Å². The highest BCUT2D eigenvalue weighted by Gasteiger charge is 2.18. The second kappa shape index (κ2) is 8.61. The Morgan fingerprint density at radius 1 is 1.21 bits per heavy atom. The van der Waals surface area contributed by atoms with Crippen LogP contribution in [0.1, 0.15) is 62.2 Å². The molecular formula is C21H26ClN3O3. The maximum atomic E-state index is 12.5. The van der Waals surface area contributed by atoms with Crippen LogP contribution >= 0.6 is 11.6 Å². The number of pyridine rings is 1. The Balaban J connectivity index is 2.14. The lowest BCUT2D eigenvalue weighted by atomic mass is 9.97. The van der Waals surface area contributed by atoms with Crippen molar-refractivity contribution >= 4 is 29.1 Å². The summed E-state index contributed by atoms with van der Waals surface area (Å²) in [6.45, 7) is 9.50. The third-order valence-corrected chi connectivity index (χ3v) is 4.14. The number of hydrogen-bond donors (Lipinski definition) is 3. The van der Waals surface area contributed by atoms with Gasteiger partial charge in [0.25, 0.3) is 5.91 Å². The number of rotatable bonds is 5. The molecule has 2 amide bonds. The summed E-state index contributed by atoms with van der Waals surface area (Å²) >= 11 is 6.12. The molecule has 0 radical (unpaired) electrons. The summed E-state index contributed by atoms with van der Waals surface area (Å²) in [5, 5.41) is 16.4. The molecule has 1 aromatic heterocycles. The van der Waals surface area contributed by atoms with Gasteiger partial charge >= 0.3 is 0 Å². The largest absolute Gasteiger partial charge is 0.507 e. The molecule has 0 saturated heterocycles. The van der Waals surface area contributed by atoms with E-state index in [0.717, 1.165) is 0 Å². The van der Waals surface area contributed by atoms with Gasteiger partial charge in [-0.1, -0.05) is 25.4 Å². The van der Waals surface area contributed by atoms with Gasteiger partial charge in [0.1, 0.15) is 11.4 Å². The van der Waals surface area contributed by atoms with E-state index in [1.54, 1.807) is 18.2 Å². The topological polar surface area (TPSA) is 91.3 Å². The van der Waals surface area contributed by atoms with Gasteiger partial charge in [-0.2, -0.15) is 0 Å². The molecule has 1 aromatic carbocycles. The number of halogens is 1. The summed E-state index contributed by atoms with van der Waals surface area (Å²) in [5.41, 5.74) is 1.41. The molecule has 3 N–H and O–H groups in total. The Kier molecular flexibility index (Phi) is 6.67. The number of aromatic nitrogens is 1. The van der Waals surface area contributed by atoms with E-state index in [1.165, 1.54) is 12.3 Å². The van der Waals surface area contributed by atoms with E-state index in [9.17, 15) is 14.7 Å². The summed E-state index contributed by atoms with van der Waals surface area (Å²) in [6, 6.07) is 6.39. The lowest BCUT2D eigenvalue weighted by Gasteiger charge is -2.20. The minimum absolute atomic E-state index is 0.0437.